The van der Waals surface area contributed by atoms with Crippen molar-refractivity contribution in [3.05, 3.63) is 61.3 Å². The maximum absolute atomic E-state index is 12.0. The number of nitrogens with zero attached hydrogens (tertiary/aromatic N) is 1. The summed E-state index contributed by atoms with van der Waals surface area (Å²) in [5.41, 5.74) is 1.90. The normalized spacial score (nSPS) is 10.5. The van der Waals surface area contributed by atoms with Crippen LogP contribution in [0.5, 0.6) is 0 Å². The fourth-order valence-electron chi connectivity index (χ4n) is 2.09. The van der Waals surface area contributed by atoms with Gasteiger partial charge in [0, 0.05) is 39.9 Å². The number of aryl methyl sites for hydroxylation is 2. The third kappa shape index (κ3) is 5.07. The smallest absolute Gasteiger partial charge is 0.269 e. The fraction of sp³-hybridized carbons (Fsp3) is 0.312. The Balaban J connectivity index is 1.70. The van der Waals surface area contributed by atoms with Gasteiger partial charge in [-0.15, -0.1) is 11.3 Å². The van der Waals surface area contributed by atoms with Crippen LogP contribution in [0.15, 0.2) is 30.3 Å². The van der Waals surface area contributed by atoms with Gasteiger partial charge in [-0.05, 0) is 25.5 Å². The number of non-ortho nitro benzene ring substituents is 1. The highest BCUT2D eigenvalue weighted by Crippen LogP contribution is 2.20. The second-order valence-electron chi connectivity index (χ2n) is 5.06. The van der Waals surface area contributed by atoms with Gasteiger partial charge in [-0.1, -0.05) is 12.1 Å². The first kappa shape index (κ1) is 17.5. The molecule has 0 aliphatic rings. The molecule has 1 aromatic carbocycles. The predicted molar refractivity (Wildman–Crippen MR) is 95.4 cm³/mol. The van der Waals surface area contributed by atoms with E-state index in [1.165, 1.54) is 12.1 Å². The molecule has 2 rings (SSSR count). The van der Waals surface area contributed by atoms with Crippen LogP contribution >= 0.6 is 23.1 Å². The Morgan fingerprint density at radius 3 is 2.57 bits per heavy atom. The monoisotopic (exact) mass is 350 g/mol. The van der Waals surface area contributed by atoms with Gasteiger partial charge < -0.3 is 5.32 Å². The summed E-state index contributed by atoms with van der Waals surface area (Å²) in [6.07, 6.45) is 0. The number of carbonyl (C=O) groups excluding carboxylic acids is 1. The Morgan fingerprint density at radius 2 is 2.00 bits per heavy atom. The van der Waals surface area contributed by atoms with E-state index in [2.05, 4.69) is 5.32 Å². The van der Waals surface area contributed by atoms with Gasteiger partial charge in [0.1, 0.15) is 0 Å². The molecule has 0 unspecified atom stereocenters. The van der Waals surface area contributed by atoms with Gasteiger partial charge in [-0.3, -0.25) is 14.9 Å². The number of thioether (sulfide) groups is 1. The molecule has 0 fully saturated rings. The molecule has 1 heterocycles. The van der Waals surface area contributed by atoms with E-state index in [9.17, 15) is 14.9 Å². The number of thiophene rings is 1. The Hall–Kier alpha value is -1.86. The van der Waals surface area contributed by atoms with Crippen LogP contribution in [-0.2, 0) is 5.75 Å². The van der Waals surface area contributed by atoms with Crippen LogP contribution < -0.4 is 5.32 Å². The lowest BCUT2D eigenvalue weighted by Crippen LogP contribution is -2.25. The molecule has 0 aliphatic heterocycles. The zero-order valence-electron chi connectivity index (χ0n) is 13.0. The lowest BCUT2D eigenvalue weighted by molar-refractivity contribution is -0.384. The van der Waals surface area contributed by atoms with Crippen LogP contribution in [0.4, 0.5) is 5.69 Å². The molecule has 7 heteroatoms. The first-order chi connectivity index (χ1) is 11.0. The van der Waals surface area contributed by atoms with Crippen LogP contribution in [0, 0.1) is 24.0 Å². The van der Waals surface area contributed by atoms with Crippen LogP contribution in [0.3, 0.4) is 0 Å². The molecule has 122 valence electrons. The van der Waals surface area contributed by atoms with Crippen molar-refractivity contribution in [2.75, 3.05) is 12.3 Å². The van der Waals surface area contributed by atoms with Crippen molar-refractivity contribution in [2.24, 2.45) is 0 Å². The first-order valence-corrected chi connectivity index (χ1v) is 9.11. The second-order valence-corrected chi connectivity index (χ2v) is 7.62. The number of amides is 1. The average Bonchev–Trinajstić information content (AvgIpc) is 2.86. The number of benzene rings is 1. The van der Waals surface area contributed by atoms with E-state index in [0.717, 1.165) is 32.4 Å². The minimum absolute atomic E-state index is 0.0252. The molecule has 0 aliphatic carbocycles. The van der Waals surface area contributed by atoms with Crippen molar-refractivity contribution >= 4 is 34.7 Å². The molecule has 5 nitrogen and oxygen atoms in total. The van der Waals surface area contributed by atoms with E-state index >= 15 is 0 Å². The van der Waals surface area contributed by atoms with E-state index in [4.69, 9.17) is 0 Å². The largest absolute Gasteiger partial charge is 0.351 e. The van der Waals surface area contributed by atoms with E-state index < -0.39 is 4.92 Å². The minimum Gasteiger partial charge on any atom is -0.351 e. The Bertz CT molecular complexity index is 696. The van der Waals surface area contributed by atoms with Gasteiger partial charge in [0.05, 0.1) is 10.5 Å². The third-order valence-electron chi connectivity index (χ3n) is 3.23. The van der Waals surface area contributed by atoms with Crippen molar-refractivity contribution in [2.45, 2.75) is 19.6 Å². The first-order valence-electron chi connectivity index (χ1n) is 7.13. The van der Waals surface area contributed by atoms with E-state index in [1.807, 2.05) is 19.9 Å². The van der Waals surface area contributed by atoms with Crippen molar-refractivity contribution < 1.29 is 9.72 Å². The van der Waals surface area contributed by atoms with Gasteiger partial charge >= 0.3 is 0 Å². The van der Waals surface area contributed by atoms with Crippen molar-refractivity contribution in [1.82, 2.24) is 5.32 Å². The summed E-state index contributed by atoms with van der Waals surface area (Å²) in [7, 11) is 0. The maximum atomic E-state index is 12.0. The molecule has 0 radical (unpaired) electrons. The number of hydrogen-bond donors (Lipinski definition) is 1. The maximum Gasteiger partial charge on any atom is 0.269 e. The van der Waals surface area contributed by atoms with E-state index in [-0.39, 0.29) is 11.6 Å². The van der Waals surface area contributed by atoms with Crippen LogP contribution in [0.25, 0.3) is 0 Å². The summed E-state index contributed by atoms with van der Waals surface area (Å²) < 4.78 is 0. The molecule has 0 saturated carbocycles. The molecule has 1 amide bonds. The minimum atomic E-state index is -0.402. The Kier molecular flexibility index (Phi) is 6.18. The second kappa shape index (κ2) is 8.12. The summed E-state index contributed by atoms with van der Waals surface area (Å²) in [5, 5.41) is 13.5. The Labute approximate surface area is 143 Å². The summed E-state index contributed by atoms with van der Waals surface area (Å²) in [6, 6.07) is 8.47. The van der Waals surface area contributed by atoms with Crippen molar-refractivity contribution in [3.8, 4) is 0 Å². The number of hydrogen-bond acceptors (Lipinski definition) is 5. The zero-order valence-corrected chi connectivity index (χ0v) is 14.6. The summed E-state index contributed by atoms with van der Waals surface area (Å²) in [6.45, 7) is 4.55. The molecule has 0 bridgehead atoms. The molecule has 0 spiro atoms. The molecule has 0 atom stereocenters. The van der Waals surface area contributed by atoms with Crippen LogP contribution in [-0.4, -0.2) is 23.1 Å². The number of nitrogens with one attached hydrogen (secondary N) is 1. The molecule has 1 aromatic heterocycles. The van der Waals surface area contributed by atoms with E-state index in [1.54, 1.807) is 35.2 Å². The summed E-state index contributed by atoms with van der Waals surface area (Å²) in [5.74, 6) is 1.54. The number of nitro groups is 1. The molecular formula is C16H18N2O3S2. The lowest BCUT2D eigenvalue weighted by Gasteiger charge is -2.05. The predicted octanol–water partition coefficient (Wildman–Crippen LogP) is 3.94. The quantitative estimate of drug-likeness (QED) is 0.466. The average molecular weight is 350 g/mol. The highest BCUT2D eigenvalue weighted by molar-refractivity contribution is 7.98. The van der Waals surface area contributed by atoms with Crippen molar-refractivity contribution in [3.63, 3.8) is 0 Å². The topological polar surface area (TPSA) is 72.2 Å². The standard InChI is InChI=1S/C16H18N2O3S2/c1-11-9-15(12(2)23-11)16(19)17-7-8-22-10-13-3-5-14(6-4-13)18(20)21/h3-6,9H,7-8,10H2,1-2H3,(H,17,19). The lowest BCUT2D eigenvalue weighted by atomic mass is 10.2. The number of carbonyl (C=O) groups is 1. The highest BCUT2D eigenvalue weighted by Gasteiger charge is 2.11. The Morgan fingerprint density at radius 1 is 1.30 bits per heavy atom. The van der Waals surface area contributed by atoms with Gasteiger partial charge in [0.15, 0.2) is 0 Å². The SMILES string of the molecule is Cc1cc(C(=O)NCCSCc2ccc([N+](=O)[O-])cc2)c(C)s1. The van der Waals surface area contributed by atoms with Gasteiger partial charge in [0.2, 0.25) is 0 Å². The van der Waals surface area contributed by atoms with Gasteiger partial charge in [-0.25, -0.2) is 0 Å². The van der Waals surface area contributed by atoms with Gasteiger partial charge in [-0.2, -0.15) is 11.8 Å². The summed E-state index contributed by atoms with van der Waals surface area (Å²) in [4.78, 5) is 24.4. The molecule has 2 aromatic rings. The summed E-state index contributed by atoms with van der Waals surface area (Å²) >= 11 is 3.31. The zero-order chi connectivity index (χ0) is 16.8. The van der Waals surface area contributed by atoms with Gasteiger partial charge in [0.25, 0.3) is 11.6 Å². The van der Waals surface area contributed by atoms with Crippen LogP contribution in [0.1, 0.15) is 25.7 Å². The highest BCUT2D eigenvalue weighted by atomic mass is 32.2. The molecule has 23 heavy (non-hydrogen) atoms. The molecular weight excluding hydrogens is 332 g/mol. The van der Waals surface area contributed by atoms with E-state index in [0.29, 0.717) is 6.54 Å². The third-order valence-corrected chi connectivity index (χ3v) is 5.23. The van der Waals surface area contributed by atoms with Crippen molar-refractivity contribution in [1.29, 1.82) is 0 Å². The molecule has 1 N–H and O–H groups in total. The number of nitro benzene ring substituents is 1. The number of rotatable bonds is 7. The fourth-order valence-corrected chi connectivity index (χ4v) is 3.83. The molecule has 0 saturated heterocycles. The van der Waals surface area contributed by atoms with Crippen LogP contribution in [0.2, 0.25) is 0 Å².